The zero-order chi connectivity index (χ0) is 29.8. The molecule has 1 fully saturated rings. The van der Waals surface area contributed by atoms with Crippen molar-refractivity contribution in [3.63, 3.8) is 0 Å². The summed E-state index contributed by atoms with van der Waals surface area (Å²) in [5.74, 6) is -0.937. The van der Waals surface area contributed by atoms with Crippen molar-refractivity contribution in [2.75, 3.05) is 18.8 Å². The molecule has 2 amide bonds. The van der Waals surface area contributed by atoms with Gasteiger partial charge >= 0.3 is 0 Å². The van der Waals surface area contributed by atoms with E-state index >= 15 is 0 Å². The van der Waals surface area contributed by atoms with Gasteiger partial charge in [0, 0.05) is 47.5 Å². The van der Waals surface area contributed by atoms with Gasteiger partial charge in [-0.2, -0.15) is 0 Å². The Morgan fingerprint density at radius 2 is 1.95 bits per heavy atom. The van der Waals surface area contributed by atoms with Crippen molar-refractivity contribution >= 4 is 44.7 Å². The van der Waals surface area contributed by atoms with E-state index in [1.165, 1.54) is 17.4 Å². The smallest absolute Gasteiger partial charge is 0.262 e. The van der Waals surface area contributed by atoms with E-state index in [4.69, 9.17) is 17.2 Å². The van der Waals surface area contributed by atoms with Gasteiger partial charge in [0.15, 0.2) is 5.78 Å². The van der Waals surface area contributed by atoms with Gasteiger partial charge in [0.1, 0.15) is 5.54 Å². The van der Waals surface area contributed by atoms with Gasteiger partial charge in [-0.3, -0.25) is 19.4 Å². The van der Waals surface area contributed by atoms with E-state index in [-0.39, 0.29) is 17.9 Å². The molecule has 2 aliphatic rings. The SMILES string of the molecule is C=CC(=O)N1CCCC(NC(=O)c2sc3c(N)ccc4c3c2C(N)C(=O)C4(N)c2cc(-c3ccccc3)ncc2C)C1. The highest BCUT2D eigenvalue weighted by Gasteiger charge is 2.49. The number of rotatable bonds is 5. The van der Waals surface area contributed by atoms with E-state index in [2.05, 4.69) is 16.9 Å². The average Bonchev–Trinajstić information content (AvgIpc) is 3.42. The zero-order valence-corrected chi connectivity index (χ0v) is 24.0. The van der Waals surface area contributed by atoms with Crippen LogP contribution in [0.1, 0.15) is 50.8 Å². The Bertz CT molecular complexity index is 1770. The fourth-order valence-corrected chi connectivity index (χ4v) is 7.42. The maximum absolute atomic E-state index is 14.3. The summed E-state index contributed by atoms with van der Waals surface area (Å²) < 4.78 is 0.660. The number of Topliss-reactive ketones (excluding diaryl/α,β-unsaturated/α-hetero) is 1. The van der Waals surface area contributed by atoms with Crippen molar-refractivity contribution in [3.8, 4) is 11.3 Å². The molecule has 2 aromatic carbocycles. The second-order valence-corrected chi connectivity index (χ2v) is 12.0. The quantitative estimate of drug-likeness (QED) is 0.208. The lowest BCUT2D eigenvalue weighted by Crippen LogP contribution is -2.53. The number of hydrogen-bond acceptors (Lipinski definition) is 8. The van der Waals surface area contributed by atoms with Crippen LogP contribution in [0.2, 0.25) is 0 Å². The van der Waals surface area contributed by atoms with Crippen LogP contribution < -0.4 is 22.5 Å². The lowest BCUT2D eigenvalue weighted by molar-refractivity contribution is -0.127. The molecule has 6 rings (SSSR count). The van der Waals surface area contributed by atoms with Crippen LogP contribution in [-0.2, 0) is 15.1 Å². The number of hydrogen-bond donors (Lipinski definition) is 4. The first-order valence-electron chi connectivity index (χ1n) is 13.8. The standard InChI is InChI=1S/C32H32N6O3S/c1-3-24(39)38-13-7-10-19(16-38)37-31(41)29-26-25-20(11-12-22(33)28(25)42-29)32(35,30(40)27(26)34)21-14-23(36-15-17(21)2)18-8-5-4-6-9-18/h3-6,8-9,11-12,14-15,19,27H,1,7,10,13,16,33-35H2,2H3,(H,37,41). The largest absolute Gasteiger partial charge is 0.398 e. The van der Waals surface area contributed by atoms with E-state index in [0.29, 0.717) is 56.1 Å². The lowest BCUT2D eigenvalue weighted by Gasteiger charge is -2.37. The molecule has 4 aromatic rings. The zero-order valence-electron chi connectivity index (χ0n) is 23.2. The Labute approximate surface area is 247 Å². The molecule has 214 valence electrons. The number of benzene rings is 2. The van der Waals surface area contributed by atoms with E-state index in [0.717, 1.165) is 24.0 Å². The van der Waals surface area contributed by atoms with Gasteiger partial charge in [-0.25, -0.2) is 0 Å². The molecule has 1 saturated heterocycles. The summed E-state index contributed by atoms with van der Waals surface area (Å²) in [5.41, 5.74) is 23.0. The van der Waals surface area contributed by atoms with Crippen molar-refractivity contribution in [1.29, 1.82) is 0 Å². The highest BCUT2D eigenvalue weighted by Crippen LogP contribution is 2.50. The molecule has 0 spiro atoms. The number of nitrogens with two attached hydrogens (primary N) is 3. The lowest BCUT2D eigenvalue weighted by atomic mass is 9.69. The van der Waals surface area contributed by atoms with Gasteiger partial charge in [0.25, 0.3) is 5.91 Å². The van der Waals surface area contributed by atoms with Gasteiger partial charge in [-0.15, -0.1) is 11.3 Å². The summed E-state index contributed by atoms with van der Waals surface area (Å²) in [6.45, 7) is 6.43. The number of nitrogens with zero attached hydrogens (tertiary/aromatic N) is 2. The molecule has 3 unspecified atom stereocenters. The van der Waals surface area contributed by atoms with Gasteiger partial charge in [-0.05, 0) is 54.7 Å². The van der Waals surface area contributed by atoms with E-state index in [9.17, 15) is 14.4 Å². The second kappa shape index (κ2) is 10.5. The maximum atomic E-state index is 14.3. The number of likely N-dealkylation sites (tertiary alicyclic amines) is 1. The Morgan fingerprint density at radius 1 is 1.19 bits per heavy atom. The summed E-state index contributed by atoms with van der Waals surface area (Å²) in [5, 5.41) is 3.70. The van der Waals surface area contributed by atoms with Crippen LogP contribution in [-0.4, -0.2) is 46.6 Å². The summed E-state index contributed by atoms with van der Waals surface area (Å²) in [6, 6.07) is 13.6. The van der Waals surface area contributed by atoms with Crippen LogP contribution in [0.5, 0.6) is 0 Å². The van der Waals surface area contributed by atoms with E-state index in [1.807, 2.05) is 43.3 Å². The Hall–Kier alpha value is -4.38. The number of amides is 2. The normalized spacial score (nSPS) is 21.8. The van der Waals surface area contributed by atoms with Crippen LogP contribution in [0.4, 0.5) is 5.69 Å². The van der Waals surface area contributed by atoms with Crippen molar-refractivity contribution in [1.82, 2.24) is 15.2 Å². The van der Waals surface area contributed by atoms with Gasteiger partial charge in [-0.1, -0.05) is 43.0 Å². The van der Waals surface area contributed by atoms with Crippen LogP contribution in [0.25, 0.3) is 21.3 Å². The number of thiophene rings is 1. The number of anilines is 1. The topological polar surface area (TPSA) is 157 Å². The number of nitrogens with one attached hydrogen (secondary N) is 1. The first-order valence-corrected chi connectivity index (χ1v) is 14.7. The Balaban J connectivity index is 1.46. The molecule has 42 heavy (non-hydrogen) atoms. The number of carbonyl (C=O) groups is 3. The van der Waals surface area contributed by atoms with Crippen molar-refractivity contribution < 1.29 is 14.4 Å². The number of piperidine rings is 1. The minimum Gasteiger partial charge on any atom is -0.398 e. The van der Waals surface area contributed by atoms with Crippen LogP contribution in [0, 0.1) is 6.92 Å². The van der Waals surface area contributed by atoms with Crippen LogP contribution in [0.3, 0.4) is 0 Å². The number of aromatic nitrogens is 1. The third-order valence-electron chi connectivity index (χ3n) is 8.36. The molecule has 2 aromatic heterocycles. The molecule has 0 radical (unpaired) electrons. The molecule has 3 atom stereocenters. The van der Waals surface area contributed by atoms with Gasteiger partial charge in [0.2, 0.25) is 5.91 Å². The summed E-state index contributed by atoms with van der Waals surface area (Å²) in [7, 11) is 0. The molecule has 0 bridgehead atoms. The third-order valence-corrected chi connectivity index (χ3v) is 9.61. The molecular weight excluding hydrogens is 548 g/mol. The molecular formula is C32H32N6O3S. The molecule has 9 nitrogen and oxygen atoms in total. The molecule has 1 aliphatic carbocycles. The number of nitrogen functional groups attached to an aromatic ring is 1. The fraction of sp³-hybridized carbons (Fsp3) is 0.250. The number of ketones is 1. The Kier molecular flexibility index (Phi) is 6.92. The molecule has 10 heteroatoms. The fourth-order valence-electron chi connectivity index (χ4n) is 6.22. The minimum absolute atomic E-state index is 0.169. The van der Waals surface area contributed by atoms with Gasteiger partial charge in [0.05, 0.1) is 21.3 Å². The van der Waals surface area contributed by atoms with Crippen molar-refractivity contribution in [3.05, 3.63) is 94.5 Å². The summed E-state index contributed by atoms with van der Waals surface area (Å²) in [4.78, 5) is 46.7. The number of carbonyl (C=O) groups excluding carboxylic acids is 3. The van der Waals surface area contributed by atoms with E-state index < -0.39 is 17.4 Å². The first-order chi connectivity index (χ1) is 20.1. The highest BCUT2D eigenvalue weighted by molar-refractivity contribution is 7.21. The van der Waals surface area contributed by atoms with Crippen LogP contribution >= 0.6 is 11.3 Å². The average molecular weight is 581 g/mol. The van der Waals surface area contributed by atoms with Crippen molar-refractivity contribution in [2.24, 2.45) is 11.5 Å². The molecule has 7 N–H and O–H groups in total. The minimum atomic E-state index is -1.58. The first kappa shape index (κ1) is 27.8. The molecule has 0 saturated carbocycles. The monoisotopic (exact) mass is 580 g/mol. The predicted molar refractivity (Wildman–Crippen MR) is 165 cm³/mol. The van der Waals surface area contributed by atoms with Crippen molar-refractivity contribution in [2.45, 2.75) is 37.4 Å². The van der Waals surface area contributed by atoms with E-state index in [1.54, 1.807) is 23.2 Å². The molecule has 3 heterocycles. The second-order valence-electron chi connectivity index (χ2n) is 11.0. The third kappa shape index (κ3) is 4.30. The molecule has 1 aliphatic heterocycles. The summed E-state index contributed by atoms with van der Waals surface area (Å²) >= 11 is 1.21. The van der Waals surface area contributed by atoms with Crippen LogP contribution in [0.15, 0.2) is 67.4 Å². The Morgan fingerprint density at radius 3 is 2.69 bits per heavy atom. The number of aryl methyl sites for hydroxylation is 1. The maximum Gasteiger partial charge on any atom is 0.262 e. The summed E-state index contributed by atoms with van der Waals surface area (Å²) in [6.07, 6.45) is 4.47. The predicted octanol–water partition coefficient (Wildman–Crippen LogP) is 3.55. The number of pyridine rings is 1. The highest BCUT2D eigenvalue weighted by atomic mass is 32.1. The van der Waals surface area contributed by atoms with Gasteiger partial charge < -0.3 is 27.4 Å².